The first-order valence-corrected chi connectivity index (χ1v) is 8.01. The Labute approximate surface area is 155 Å². The van der Waals surface area contributed by atoms with Gasteiger partial charge in [0.15, 0.2) is 11.5 Å². The molecule has 0 radical (unpaired) electrons. The molecule has 3 aromatic rings. The number of phenols is 4. The van der Waals surface area contributed by atoms with Crippen molar-refractivity contribution < 1.29 is 25.2 Å². The van der Waals surface area contributed by atoms with Crippen molar-refractivity contribution in [2.24, 2.45) is 5.10 Å². The minimum Gasteiger partial charge on any atom is -0.507 e. The summed E-state index contributed by atoms with van der Waals surface area (Å²) in [6.45, 7) is 0. The maximum atomic E-state index is 10.4. The average Bonchev–Trinajstić information content (AvgIpc) is 2.67. The van der Waals surface area contributed by atoms with Crippen LogP contribution in [0.2, 0.25) is 0 Å². The first-order chi connectivity index (χ1) is 13.0. The first-order valence-electron chi connectivity index (χ1n) is 8.01. The lowest BCUT2D eigenvalue weighted by atomic mass is 10.0. The van der Waals surface area contributed by atoms with E-state index in [2.05, 4.69) is 10.5 Å². The summed E-state index contributed by atoms with van der Waals surface area (Å²) in [5.74, 6) is -0.332. The second kappa shape index (κ2) is 7.57. The van der Waals surface area contributed by atoms with Gasteiger partial charge >= 0.3 is 0 Å². The summed E-state index contributed by atoms with van der Waals surface area (Å²) < 4.78 is 5.09. The van der Waals surface area contributed by atoms with Gasteiger partial charge in [-0.2, -0.15) is 5.10 Å². The number of para-hydroxylation sites is 2. The van der Waals surface area contributed by atoms with E-state index in [4.69, 9.17) is 4.74 Å². The minimum absolute atomic E-state index is 0.0339. The van der Waals surface area contributed by atoms with E-state index in [1.54, 1.807) is 30.3 Å². The fourth-order valence-corrected chi connectivity index (χ4v) is 2.52. The monoisotopic (exact) mass is 366 g/mol. The van der Waals surface area contributed by atoms with Gasteiger partial charge in [0.05, 0.1) is 7.11 Å². The van der Waals surface area contributed by atoms with E-state index in [9.17, 15) is 20.4 Å². The van der Waals surface area contributed by atoms with Crippen LogP contribution in [0.25, 0.3) is 0 Å². The van der Waals surface area contributed by atoms with Gasteiger partial charge in [-0.1, -0.05) is 18.2 Å². The van der Waals surface area contributed by atoms with Crippen molar-refractivity contribution in [2.45, 2.75) is 0 Å². The van der Waals surface area contributed by atoms with Gasteiger partial charge in [0, 0.05) is 17.2 Å². The number of rotatable bonds is 5. The molecular formula is C20H18N2O5. The Morgan fingerprint density at radius 2 is 1.52 bits per heavy atom. The number of hydrogen-bond acceptors (Lipinski definition) is 7. The molecule has 0 aromatic heterocycles. The molecule has 0 fully saturated rings. The van der Waals surface area contributed by atoms with Gasteiger partial charge in [-0.15, -0.1) is 0 Å². The van der Waals surface area contributed by atoms with Gasteiger partial charge in [-0.3, -0.25) is 5.43 Å². The maximum absolute atomic E-state index is 10.4. The second-order valence-electron chi connectivity index (χ2n) is 5.65. The third-order valence-electron chi connectivity index (χ3n) is 3.92. The highest BCUT2D eigenvalue weighted by atomic mass is 16.5. The van der Waals surface area contributed by atoms with E-state index >= 15 is 0 Å². The van der Waals surface area contributed by atoms with Crippen LogP contribution in [-0.4, -0.2) is 33.2 Å². The predicted octanol–water partition coefficient (Wildman–Crippen LogP) is 3.38. The molecular weight excluding hydrogens is 348 g/mol. The van der Waals surface area contributed by atoms with Crippen molar-refractivity contribution in [3.63, 3.8) is 0 Å². The van der Waals surface area contributed by atoms with E-state index in [0.29, 0.717) is 16.9 Å². The second-order valence-corrected chi connectivity index (χ2v) is 5.65. The number of ether oxygens (including phenoxy) is 1. The number of nitrogens with one attached hydrogen (secondary N) is 1. The van der Waals surface area contributed by atoms with Crippen LogP contribution in [0.15, 0.2) is 65.8 Å². The number of hydrogen-bond donors (Lipinski definition) is 5. The van der Waals surface area contributed by atoms with E-state index in [-0.39, 0.29) is 34.4 Å². The molecule has 0 heterocycles. The van der Waals surface area contributed by atoms with Crippen molar-refractivity contribution in [1.29, 1.82) is 0 Å². The summed E-state index contributed by atoms with van der Waals surface area (Å²) in [7, 11) is 1.48. The largest absolute Gasteiger partial charge is 0.507 e. The number of phenolic OH excluding ortho intramolecular Hbond substituents is 4. The third-order valence-corrected chi connectivity index (χ3v) is 3.92. The molecule has 0 saturated carbocycles. The van der Waals surface area contributed by atoms with E-state index in [0.717, 1.165) is 0 Å². The maximum Gasteiger partial charge on any atom is 0.183 e. The Morgan fingerprint density at radius 1 is 0.815 bits per heavy atom. The van der Waals surface area contributed by atoms with Crippen LogP contribution in [0, 0.1) is 0 Å². The lowest BCUT2D eigenvalue weighted by molar-refractivity contribution is 0.405. The van der Waals surface area contributed by atoms with Crippen LogP contribution in [0.4, 0.5) is 5.69 Å². The lowest BCUT2D eigenvalue weighted by Gasteiger charge is -2.13. The predicted molar refractivity (Wildman–Crippen MR) is 102 cm³/mol. The average molecular weight is 366 g/mol. The molecule has 138 valence electrons. The molecule has 0 atom stereocenters. The zero-order chi connectivity index (χ0) is 19.4. The van der Waals surface area contributed by atoms with Gasteiger partial charge in [-0.05, 0) is 36.4 Å². The van der Waals surface area contributed by atoms with Crippen LogP contribution in [0.5, 0.6) is 28.7 Å². The van der Waals surface area contributed by atoms with Crippen molar-refractivity contribution in [3.8, 4) is 28.7 Å². The Kier molecular flexibility index (Phi) is 5.03. The number of aromatic hydroxyl groups is 4. The zero-order valence-corrected chi connectivity index (χ0v) is 14.4. The summed E-state index contributed by atoms with van der Waals surface area (Å²) in [5, 5.41) is 44.4. The highest BCUT2D eigenvalue weighted by Gasteiger charge is 2.16. The summed E-state index contributed by atoms with van der Waals surface area (Å²) in [5.41, 5.74) is 3.76. The van der Waals surface area contributed by atoms with Crippen LogP contribution in [0.3, 0.4) is 0 Å². The SMILES string of the molecule is COc1ccc(C(=NNc2cccc(O)c2O)c2ccccc2O)c(O)c1. The quantitative estimate of drug-likeness (QED) is 0.269. The van der Waals surface area contributed by atoms with Gasteiger partial charge in [0.25, 0.3) is 0 Å². The van der Waals surface area contributed by atoms with Crippen LogP contribution in [-0.2, 0) is 0 Å². The van der Waals surface area contributed by atoms with Gasteiger partial charge < -0.3 is 25.2 Å². The van der Waals surface area contributed by atoms with E-state index < -0.39 is 0 Å². The Morgan fingerprint density at radius 3 is 2.22 bits per heavy atom. The molecule has 0 aliphatic rings. The molecule has 5 N–H and O–H groups in total. The summed E-state index contributed by atoms with van der Waals surface area (Å²) in [6, 6.07) is 15.6. The van der Waals surface area contributed by atoms with Crippen LogP contribution >= 0.6 is 0 Å². The van der Waals surface area contributed by atoms with Crippen molar-refractivity contribution in [3.05, 3.63) is 71.8 Å². The lowest BCUT2D eigenvalue weighted by Crippen LogP contribution is -2.07. The minimum atomic E-state index is -0.364. The molecule has 7 heteroatoms. The van der Waals surface area contributed by atoms with Crippen molar-refractivity contribution in [1.82, 2.24) is 0 Å². The summed E-state index contributed by atoms with van der Waals surface area (Å²) in [6.07, 6.45) is 0. The smallest absolute Gasteiger partial charge is 0.183 e. The Bertz CT molecular complexity index is 1000. The molecule has 0 spiro atoms. The normalized spacial score (nSPS) is 11.2. The molecule has 3 rings (SSSR count). The highest BCUT2D eigenvalue weighted by molar-refractivity contribution is 6.16. The number of nitrogens with zero attached hydrogens (tertiary/aromatic N) is 1. The van der Waals surface area contributed by atoms with Crippen LogP contribution < -0.4 is 10.2 Å². The summed E-state index contributed by atoms with van der Waals surface area (Å²) >= 11 is 0. The molecule has 3 aromatic carbocycles. The van der Waals surface area contributed by atoms with Gasteiger partial charge in [-0.25, -0.2) is 0 Å². The molecule has 0 bridgehead atoms. The zero-order valence-electron chi connectivity index (χ0n) is 14.4. The number of hydrazone groups is 1. The molecule has 7 nitrogen and oxygen atoms in total. The van der Waals surface area contributed by atoms with Gasteiger partial charge in [0.2, 0.25) is 0 Å². The van der Waals surface area contributed by atoms with Crippen LogP contribution in [0.1, 0.15) is 11.1 Å². The molecule has 0 unspecified atom stereocenters. The topological polar surface area (TPSA) is 115 Å². The van der Waals surface area contributed by atoms with Crippen molar-refractivity contribution in [2.75, 3.05) is 12.5 Å². The van der Waals surface area contributed by atoms with Crippen molar-refractivity contribution >= 4 is 11.4 Å². The number of methoxy groups -OCH3 is 1. The Balaban J connectivity index is 2.11. The molecule has 0 amide bonds. The molecule has 0 aliphatic heterocycles. The number of benzene rings is 3. The fourth-order valence-electron chi connectivity index (χ4n) is 2.52. The highest BCUT2D eigenvalue weighted by Crippen LogP contribution is 2.33. The molecule has 27 heavy (non-hydrogen) atoms. The molecule has 0 aliphatic carbocycles. The third kappa shape index (κ3) is 3.72. The standard InChI is InChI=1S/C20H18N2O5/c1-27-12-9-10-14(18(25)11-12)19(13-5-2-3-7-16(13)23)22-21-15-6-4-8-17(24)20(15)26/h2-11,21,23-26H,1H3. The van der Waals surface area contributed by atoms with Gasteiger partial charge in [0.1, 0.15) is 28.6 Å². The number of anilines is 1. The fraction of sp³-hybridized carbons (Fsp3) is 0.0500. The van der Waals surface area contributed by atoms with E-state index in [1.807, 2.05) is 0 Å². The van der Waals surface area contributed by atoms with E-state index in [1.165, 1.54) is 37.4 Å². The first kappa shape index (κ1) is 17.9. The summed E-state index contributed by atoms with van der Waals surface area (Å²) in [4.78, 5) is 0. The molecule has 0 saturated heterocycles. The Hall–Kier alpha value is -3.87.